The lowest BCUT2D eigenvalue weighted by molar-refractivity contribution is 0.0950. The molecular formula is C16H15N3O. The molecule has 0 spiro atoms. The van der Waals surface area contributed by atoms with Gasteiger partial charge in [0.25, 0.3) is 5.91 Å². The van der Waals surface area contributed by atoms with Gasteiger partial charge in [0, 0.05) is 24.5 Å². The molecule has 0 aliphatic carbocycles. The molecule has 4 heteroatoms. The van der Waals surface area contributed by atoms with Gasteiger partial charge in [0.15, 0.2) is 0 Å². The number of aromatic nitrogens is 1. The van der Waals surface area contributed by atoms with Crippen molar-refractivity contribution in [2.75, 3.05) is 6.54 Å². The summed E-state index contributed by atoms with van der Waals surface area (Å²) in [6, 6.07) is 11.0. The van der Waals surface area contributed by atoms with Gasteiger partial charge in [0.2, 0.25) is 0 Å². The molecule has 100 valence electrons. The van der Waals surface area contributed by atoms with Crippen LogP contribution in [0, 0.1) is 11.8 Å². The maximum Gasteiger partial charge on any atom is 0.252 e. The van der Waals surface area contributed by atoms with Gasteiger partial charge in [-0.1, -0.05) is 30.0 Å². The smallest absolute Gasteiger partial charge is 0.252 e. The molecule has 1 heterocycles. The largest absolute Gasteiger partial charge is 0.348 e. The fourth-order valence-corrected chi connectivity index (χ4v) is 1.72. The van der Waals surface area contributed by atoms with Crippen LogP contribution in [0.1, 0.15) is 21.5 Å². The van der Waals surface area contributed by atoms with E-state index in [-0.39, 0.29) is 12.5 Å². The Bertz CT molecular complexity index is 642. The van der Waals surface area contributed by atoms with E-state index in [1.165, 1.54) is 0 Å². The lowest BCUT2D eigenvalue weighted by Crippen LogP contribution is -2.23. The zero-order chi connectivity index (χ0) is 14.2. The van der Waals surface area contributed by atoms with Crippen LogP contribution >= 0.6 is 0 Å². The lowest BCUT2D eigenvalue weighted by atomic mass is 10.1. The summed E-state index contributed by atoms with van der Waals surface area (Å²) < 4.78 is 0. The Hall–Kier alpha value is -2.64. The topological polar surface area (TPSA) is 68.0 Å². The third-order valence-electron chi connectivity index (χ3n) is 2.67. The molecule has 1 amide bonds. The number of carbonyl (C=O) groups is 1. The maximum absolute atomic E-state index is 12.2. The predicted molar refractivity (Wildman–Crippen MR) is 77.8 cm³/mol. The monoisotopic (exact) mass is 265 g/mol. The van der Waals surface area contributed by atoms with Crippen molar-refractivity contribution < 1.29 is 4.79 Å². The minimum atomic E-state index is -0.157. The first-order valence-corrected chi connectivity index (χ1v) is 6.26. The van der Waals surface area contributed by atoms with Crippen molar-refractivity contribution in [2.24, 2.45) is 5.73 Å². The Kier molecular flexibility index (Phi) is 4.87. The zero-order valence-corrected chi connectivity index (χ0v) is 11.0. The number of pyridine rings is 1. The van der Waals surface area contributed by atoms with Crippen LogP contribution in [-0.4, -0.2) is 17.4 Å². The van der Waals surface area contributed by atoms with Gasteiger partial charge in [0.1, 0.15) is 0 Å². The molecule has 0 saturated heterocycles. The quantitative estimate of drug-likeness (QED) is 0.822. The third kappa shape index (κ3) is 3.67. The Morgan fingerprint density at radius 3 is 2.85 bits per heavy atom. The van der Waals surface area contributed by atoms with E-state index in [2.05, 4.69) is 22.1 Å². The number of carbonyl (C=O) groups excluding carboxylic acids is 1. The molecule has 0 fully saturated rings. The molecule has 0 unspecified atom stereocenters. The molecule has 1 aromatic heterocycles. The molecule has 0 saturated carbocycles. The van der Waals surface area contributed by atoms with Crippen molar-refractivity contribution in [1.29, 1.82) is 0 Å². The van der Waals surface area contributed by atoms with Crippen LogP contribution in [0.15, 0.2) is 48.8 Å². The third-order valence-corrected chi connectivity index (χ3v) is 2.67. The number of nitrogens with zero attached hydrogens (tertiary/aromatic N) is 1. The van der Waals surface area contributed by atoms with Gasteiger partial charge in [-0.2, -0.15) is 0 Å². The fourth-order valence-electron chi connectivity index (χ4n) is 1.72. The molecule has 2 aromatic rings. The van der Waals surface area contributed by atoms with E-state index in [1.807, 2.05) is 30.3 Å². The van der Waals surface area contributed by atoms with Crippen LogP contribution in [0.25, 0.3) is 0 Å². The van der Waals surface area contributed by atoms with Crippen molar-refractivity contribution in [2.45, 2.75) is 6.54 Å². The van der Waals surface area contributed by atoms with Gasteiger partial charge in [-0.05, 0) is 23.8 Å². The molecule has 0 bridgehead atoms. The molecule has 3 N–H and O–H groups in total. The highest BCUT2D eigenvalue weighted by Crippen LogP contribution is 2.07. The number of nitrogens with two attached hydrogens (primary N) is 1. The van der Waals surface area contributed by atoms with Crippen molar-refractivity contribution in [3.05, 3.63) is 65.5 Å². The summed E-state index contributed by atoms with van der Waals surface area (Å²) in [5.41, 5.74) is 7.54. The number of nitrogens with one attached hydrogen (secondary N) is 1. The second-order valence-electron chi connectivity index (χ2n) is 4.10. The second kappa shape index (κ2) is 7.07. The summed E-state index contributed by atoms with van der Waals surface area (Å²) in [4.78, 5) is 16.2. The number of rotatable bonds is 3. The van der Waals surface area contributed by atoms with Crippen LogP contribution in [-0.2, 0) is 6.54 Å². The molecule has 0 aliphatic heterocycles. The first-order chi connectivity index (χ1) is 9.81. The second-order valence-corrected chi connectivity index (χ2v) is 4.10. The highest BCUT2D eigenvalue weighted by Gasteiger charge is 2.08. The van der Waals surface area contributed by atoms with Crippen LogP contribution in [0.2, 0.25) is 0 Å². The first kappa shape index (κ1) is 13.8. The standard InChI is InChI=1S/C16H15N3O/c17-9-3-7-14-6-1-2-8-15(14)16(20)19-12-13-5-4-10-18-11-13/h1-2,4-6,8,10-11H,9,12,17H2,(H,19,20). The molecule has 0 aliphatic rings. The van der Waals surface area contributed by atoms with Crippen molar-refractivity contribution in [1.82, 2.24) is 10.3 Å². The van der Waals surface area contributed by atoms with E-state index < -0.39 is 0 Å². The highest BCUT2D eigenvalue weighted by molar-refractivity contribution is 5.96. The van der Waals surface area contributed by atoms with Gasteiger partial charge in [-0.25, -0.2) is 0 Å². The fraction of sp³-hybridized carbons (Fsp3) is 0.125. The molecule has 4 nitrogen and oxygen atoms in total. The molecule has 1 aromatic carbocycles. The number of benzene rings is 1. The van der Waals surface area contributed by atoms with Gasteiger partial charge in [-0.15, -0.1) is 0 Å². The Morgan fingerprint density at radius 1 is 1.25 bits per heavy atom. The van der Waals surface area contributed by atoms with Gasteiger partial charge in [0.05, 0.1) is 12.1 Å². The van der Waals surface area contributed by atoms with Gasteiger partial charge in [-0.3, -0.25) is 9.78 Å². The lowest BCUT2D eigenvalue weighted by Gasteiger charge is -2.06. The molecule has 0 radical (unpaired) electrons. The van der Waals surface area contributed by atoms with Gasteiger partial charge < -0.3 is 11.1 Å². The predicted octanol–water partition coefficient (Wildman–Crippen LogP) is 1.32. The molecule has 20 heavy (non-hydrogen) atoms. The highest BCUT2D eigenvalue weighted by atomic mass is 16.1. The summed E-state index contributed by atoms with van der Waals surface area (Å²) >= 11 is 0. The van der Waals surface area contributed by atoms with E-state index in [0.717, 1.165) is 5.56 Å². The Balaban J connectivity index is 2.09. The average molecular weight is 265 g/mol. The summed E-state index contributed by atoms with van der Waals surface area (Å²) in [5.74, 6) is 5.51. The van der Waals surface area contributed by atoms with Crippen molar-refractivity contribution >= 4 is 5.91 Å². The summed E-state index contributed by atoms with van der Waals surface area (Å²) in [6.07, 6.45) is 3.42. The van der Waals surface area contributed by atoms with E-state index in [4.69, 9.17) is 5.73 Å². The number of amides is 1. The summed E-state index contributed by atoms with van der Waals surface area (Å²) in [6.45, 7) is 0.705. The molecule has 2 rings (SSSR count). The molecule has 0 atom stereocenters. The minimum absolute atomic E-state index is 0.157. The SMILES string of the molecule is NCC#Cc1ccccc1C(=O)NCc1cccnc1. The number of hydrogen-bond acceptors (Lipinski definition) is 3. The summed E-state index contributed by atoms with van der Waals surface area (Å²) in [5, 5.41) is 2.85. The van der Waals surface area contributed by atoms with Crippen molar-refractivity contribution in [3.63, 3.8) is 0 Å². The van der Waals surface area contributed by atoms with Crippen molar-refractivity contribution in [3.8, 4) is 11.8 Å². The van der Waals surface area contributed by atoms with Crippen LogP contribution in [0.4, 0.5) is 0 Å². The van der Waals surface area contributed by atoms with Crippen LogP contribution < -0.4 is 11.1 Å². The van der Waals surface area contributed by atoms with Crippen LogP contribution in [0.3, 0.4) is 0 Å². The molecular weight excluding hydrogens is 250 g/mol. The van der Waals surface area contributed by atoms with Crippen LogP contribution in [0.5, 0.6) is 0 Å². The maximum atomic E-state index is 12.2. The summed E-state index contributed by atoms with van der Waals surface area (Å²) in [7, 11) is 0. The van der Waals surface area contributed by atoms with E-state index >= 15 is 0 Å². The average Bonchev–Trinajstić information content (AvgIpc) is 2.52. The van der Waals surface area contributed by atoms with E-state index in [0.29, 0.717) is 17.7 Å². The first-order valence-electron chi connectivity index (χ1n) is 6.26. The Labute approximate surface area is 118 Å². The van der Waals surface area contributed by atoms with Gasteiger partial charge >= 0.3 is 0 Å². The Morgan fingerprint density at radius 2 is 2.10 bits per heavy atom. The van der Waals surface area contributed by atoms with E-state index in [9.17, 15) is 4.79 Å². The van der Waals surface area contributed by atoms with E-state index in [1.54, 1.807) is 18.5 Å². The zero-order valence-electron chi connectivity index (χ0n) is 11.0. The number of hydrogen-bond donors (Lipinski definition) is 2. The normalized spacial score (nSPS) is 9.45. The minimum Gasteiger partial charge on any atom is -0.348 e.